The molecule has 0 aromatic heterocycles. The summed E-state index contributed by atoms with van der Waals surface area (Å²) in [6.45, 7) is 0.552. The predicted molar refractivity (Wildman–Crippen MR) is 53.4 cm³/mol. The highest BCUT2D eigenvalue weighted by molar-refractivity contribution is 5.87. The monoisotopic (exact) mass is 175 g/mol. The van der Waals surface area contributed by atoms with Crippen LogP contribution in [0.15, 0.2) is 35.4 Å². The Bertz CT molecular complexity index is 305. The molecule has 0 bridgehead atoms. The molecular weight excluding hydrogens is 162 g/mol. The molecule has 1 heterocycles. The van der Waals surface area contributed by atoms with Gasteiger partial charge in [0, 0.05) is 13.0 Å². The molecule has 0 saturated heterocycles. The molecule has 3 N–H and O–H groups in total. The Hall–Kier alpha value is -1.35. The summed E-state index contributed by atoms with van der Waals surface area (Å²) >= 11 is 0. The number of nitrogens with two attached hydrogens (primary N) is 1. The maximum absolute atomic E-state index is 5.50. The van der Waals surface area contributed by atoms with Crippen molar-refractivity contribution in [2.75, 3.05) is 6.54 Å². The minimum atomic E-state index is 0.319. The SMILES string of the molecule is NCC1=NNC(c2ccccc2)C1. The highest BCUT2D eigenvalue weighted by atomic mass is 15.3. The number of rotatable bonds is 2. The Labute approximate surface area is 77.6 Å². The number of nitrogens with zero attached hydrogens (tertiary/aromatic N) is 1. The lowest BCUT2D eigenvalue weighted by Crippen LogP contribution is -2.13. The largest absolute Gasteiger partial charge is 0.325 e. The minimum absolute atomic E-state index is 0.319. The zero-order valence-corrected chi connectivity index (χ0v) is 7.40. The molecule has 2 rings (SSSR count). The Morgan fingerprint density at radius 2 is 2.15 bits per heavy atom. The van der Waals surface area contributed by atoms with E-state index >= 15 is 0 Å². The summed E-state index contributed by atoms with van der Waals surface area (Å²) in [6.07, 6.45) is 0.931. The van der Waals surface area contributed by atoms with Gasteiger partial charge in [0.05, 0.1) is 11.8 Å². The van der Waals surface area contributed by atoms with E-state index < -0.39 is 0 Å². The molecule has 1 aliphatic heterocycles. The number of hydrogen-bond acceptors (Lipinski definition) is 3. The first-order valence-electron chi connectivity index (χ1n) is 4.46. The van der Waals surface area contributed by atoms with Gasteiger partial charge in [0.15, 0.2) is 0 Å². The van der Waals surface area contributed by atoms with Crippen LogP contribution in [0.2, 0.25) is 0 Å². The third-order valence-electron chi connectivity index (χ3n) is 2.26. The van der Waals surface area contributed by atoms with E-state index in [0.717, 1.165) is 12.1 Å². The average Bonchev–Trinajstić information content (AvgIpc) is 2.67. The first-order chi connectivity index (χ1) is 6.40. The van der Waals surface area contributed by atoms with Crippen molar-refractivity contribution >= 4 is 5.71 Å². The third-order valence-corrected chi connectivity index (χ3v) is 2.26. The normalized spacial score (nSPS) is 21.0. The maximum Gasteiger partial charge on any atom is 0.0742 e. The molecule has 0 amide bonds. The minimum Gasteiger partial charge on any atom is -0.325 e. The second-order valence-corrected chi connectivity index (χ2v) is 3.18. The van der Waals surface area contributed by atoms with E-state index in [1.807, 2.05) is 18.2 Å². The summed E-state index contributed by atoms with van der Waals surface area (Å²) in [5.41, 5.74) is 10.9. The zero-order chi connectivity index (χ0) is 9.10. The molecule has 68 valence electrons. The van der Waals surface area contributed by atoms with Crippen LogP contribution in [0, 0.1) is 0 Å². The van der Waals surface area contributed by atoms with Crippen LogP contribution in [0.5, 0.6) is 0 Å². The second kappa shape index (κ2) is 3.58. The summed E-state index contributed by atoms with van der Waals surface area (Å²) in [6, 6.07) is 10.6. The van der Waals surface area contributed by atoms with Gasteiger partial charge in [-0.15, -0.1) is 0 Å². The van der Waals surface area contributed by atoms with Gasteiger partial charge >= 0.3 is 0 Å². The zero-order valence-electron chi connectivity index (χ0n) is 7.40. The van der Waals surface area contributed by atoms with Gasteiger partial charge in [0.25, 0.3) is 0 Å². The molecule has 1 aromatic carbocycles. The fraction of sp³-hybridized carbons (Fsp3) is 0.300. The standard InChI is InChI=1S/C10H13N3/c11-7-9-6-10(13-12-9)8-4-2-1-3-5-8/h1-5,10,13H,6-7,11H2. The molecule has 3 nitrogen and oxygen atoms in total. The Kier molecular flexibility index (Phi) is 2.27. The third kappa shape index (κ3) is 1.70. The first-order valence-corrected chi connectivity index (χ1v) is 4.46. The highest BCUT2D eigenvalue weighted by Gasteiger charge is 2.18. The molecule has 13 heavy (non-hydrogen) atoms. The summed E-state index contributed by atoms with van der Waals surface area (Å²) in [4.78, 5) is 0. The lowest BCUT2D eigenvalue weighted by Gasteiger charge is -2.08. The molecule has 1 aromatic rings. The average molecular weight is 175 g/mol. The van der Waals surface area contributed by atoms with Gasteiger partial charge in [-0.3, -0.25) is 0 Å². The quantitative estimate of drug-likeness (QED) is 0.705. The molecule has 1 atom stereocenters. The van der Waals surface area contributed by atoms with E-state index in [2.05, 4.69) is 22.7 Å². The van der Waals surface area contributed by atoms with Gasteiger partial charge in [-0.05, 0) is 5.56 Å². The summed E-state index contributed by atoms with van der Waals surface area (Å²) in [7, 11) is 0. The summed E-state index contributed by atoms with van der Waals surface area (Å²) in [5.74, 6) is 0. The van der Waals surface area contributed by atoms with Crippen molar-refractivity contribution in [3.05, 3.63) is 35.9 Å². The van der Waals surface area contributed by atoms with Gasteiger partial charge in [0.2, 0.25) is 0 Å². The summed E-state index contributed by atoms with van der Waals surface area (Å²) in [5, 5.41) is 4.15. The first kappa shape index (κ1) is 8.26. The predicted octanol–water partition coefficient (Wildman–Crippen LogP) is 1.04. The van der Waals surface area contributed by atoms with Crippen LogP contribution in [0.4, 0.5) is 0 Å². The van der Waals surface area contributed by atoms with Crippen molar-refractivity contribution in [3.63, 3.8) is 0 Å². The molecule has 3 heteroatoms. The lowest BCUT2D eigenvalue weighted by atomic mass is 10.0. The van der Waals surface area contributed by atoms with Gasteiger partial charge in [-0.25, -0.2) is 0 Å². The number of nitrogens with one attached hydrogen (secondary N) is 1. The Balaban J connectivity index is 2.07. The van der Waals surface area contributed by atoms with Crippen LogP contribution in [0.3, 0.4) is 0 Å². The Morgan fingerprint density at radius 3 is 2.77 bits per heavy atom. The van der Waals surface area contributed by atoms with Crippen LogP contribution in [-0.4, -0.2) is 12.3 Å². The van der Waals surface area contributed by atoms with Crippen molar-refractivity contribution in [2.24, 2.45) is 10.8 Å². The second-order valence-electron chi connectivity index (χ2n) is 3.18. The molecule has 1 aliphatic rings. The van der Waals surface area contributed by atoms with E-state index in [9.17, 15) is 0 Å². The van der Waals surface area contributed by atoms with Crippen molar-refractivity contribution in [1.29, 1.82) is 0 Å². The van der Waals surface area contributed by atoms with Crippen molar-refractivity contribution in [3.8, 4) is 0 Å². The molecule has 0 aliphatic carbocycles. The molecule has 0 spiro atoms. The van der Waals surface area contributed by atoms with Crippen LogP contribution in [0.1, 0.15) is 18.0 Å². The van der Waals surface area contributed by atoms with Gasteiger partial charge in [0.1, 0.15) is 0 Å². The van der Waals surface area contributed by atoms with Gasteiger partial charge in [-0.1, -0.05) is 30.3 Å². The van der Waals surface area contributed by atoms with E-state index in [-0.39, 0.29) is 0 Å². The molecule has 0 saturated carbocycles. The Morgan fingerprint density at radius 1 is 1.38 bits per heavy atom. The van der Waals surface area contributed by atoms with Crippen LogP contribution < -0.4 is 11.2 Å². The van der Waals surface area contributed by atoms with Gasteiger partial charge in [-0.2, -0.15) is 5.10 Å². The van der Waals surface area contributed by atoms with Crippen molar-refractivity contribution in [2.45, 2.75) is 12.5 Å². The molecule has 0 fully saturated rings. The number of hydrazone groups is 1. The lowest BCUT2D eigenvalue weighted by molar-refractivity contribution is 0.620. The fourth-order valence-electron chi connectivity index (χ4n) is 1.50. The van der Waals surface area contributed by atoms with Crippen molar-refractivity contribution in [1.82, 2.24) is 5.43 Å². The van der Waals surface area contributed by atoms with E-state index in [1.54, 1.807) is 0 Å². The highest BCUT2D eigenvalue weighted by Crippen LogP contribution is 2.20. The van der Waals surface area contributed by atoms with Crippen LogP contribution in [-0.2, 0) is 0 Å². The van der Waals surface area contributed by atoms with E-state index in [0.29, 0.717) is 12.6 Å². The van der Waals surface area contributed by atoms with E-state index in [4.69, 9.17) is 5.73 Å². The molecule has 0 radical (unpaired) electrons. The van der Waals surface area contributed by atoms with Crippen LogP contribution >= 0.6 is 0 Å². The van der Waals surface area contributed by atoms with Crippen molar-refractivity contribution < 1.29 is 0 Å². The molecular formula is C10H13N3. The maximum atomic E-state index is 5.50. The summed E-state index contributed by atoms with van der Waals surface area (Å²) < 4.78 is 0. The van der Waals surface area contributed by atoms with E-state index in [1.165, 1.54) is 5.56 Å². The number of hydrogen-bond donors (Lipinski definition) is 2. The molecule has 1 unspecified atom stereocenters. The number of benzene rings is 1. The smallest absolute Gasteiger partial charge is 0.0742 e. The topological polar surface area (TPSA) is 50.4 Å². The fourth-order valence-corrected chi connectivity index (χ4v) is 1.50. The van der Waals surface area contributed by atoms with Crippen LogP contribution in [0.25, 0.3) is 0 Å². The van der Waals surface area contributed by atoms with Gasteiger partial charge < -0.3 is 11.2 Å².